The van der Waals surface area contributed by atoms with Crippen LogP contribution in [0.15, 0.2) is 0 Å². The normalized spacial score (nSPS) is 20.5. The van der Waals surface area contributed by atoms with Gasteiger partial charge in [0, 0.05) is 13.1 Å². The van der Waals surface area contributed by atoms with Crippen LogP contribution in [0.3, 0.4) is 0 Å². The van der Waals surface area contributed by atoms with E-state index >= 15 is 0 Å². The maximum absolute atomic E-state index is 13.1. The number of piperidine rings is 1. The van der Waals surface area contributed by atoms with Gasteiger partial charge in [-0.1, -0.05) is 46.5 Å². The summed E-state index contributed by atoms with van der Waals surface area (Å²) in [6.07, 6.45) is 8.57. The van der Waals surface area contributed by atoms with Crippen LogP contribution in [-0.4, -0.2) is 59.1 Å². The van der Waals surface area contributed by atoms with Crippen molar-refractivity contribution in [3.63, 3.8) is 0 Å². The predicted molar refractivity (Wildman–Crippen MR) is 106 cm³/mol. The Morgan fingerprint density at radius 2 is 1.75 bits per heavy atom. The summed E-state index contributed by atoms with van der Waals surface area (Å²) in [5.74, 6) is -0.367. The second-order valence-corrected chi connectivity index (χ2v) is 9.50. The Hall–Kier alpha value is -1.63. The molecule has 0 radical (unpaired) electrons. The first kappa shape index (κ1) is 22.7. The Kier molecular flexibility index (Phi) is 8.28. The Labute approximate surface area is 168 Å². The number of carbonyl (C=O) groups excluding carboxylic acids is 3. The highest BCUT2D eigenvalue weighted by Crippen LogP contribution is 2.31. The second-order valence-electron chi connectivity index (χ2n) is 9.50. The van der Waals surface area contributed by atoms with Crippen molar-refractivity contribution in [1.29, 1.82) is 0 Å². The summed E-state index contributed by atoms with van der Waals surface area (Å²) in [7, 11) is 0. The van der Waals surface area contributed by atoms with E-state index in [0.29, 0.717) is 23.8 Å². The van der Waals surface area contributed by atoms with Crippen LogP contribution >= 0.6 is 0 Å². The average Bonchev–Trinajstić information content (AvgIpc) is 3.17. The van der Waals surface area contributed by atoms with Gasteiger partial charge < -0.3 is 10.2 Å². The number of rotatable bonds is 8. The standard InChI is InChI=1S/C21H37N3O4/c1-21(2,3)18(20(27)23-11-7-4-8-12-23)22-19(26)17(14-24(28)15-25)13-16-9-5-6-10-16/h15-18,28H,4-14H2,1-3H3,(H,22,26). The van der Waals surface area contributed by atoms with Crippen LogP contribution in [0.1, 0.15) is 72.1 Å². The van der Waals surface area contributed by atoms with Gasteiger partial charge in [0.05, 0.1) is 12.5 Å². The molecule has 1 saturated heterocycles. The topological polar surface area (TPSA) is 90.0 Å². The maximum Gasteiger partial charge on any atom is 0.245 e. The van der Waals surface area contributed by atoms with Gasteiger partial charge in [0.1, 0.15) is 6.04 Å². The lowest BCUT2D eigenvalue weighted by Crippen LogP contribution is -2.57. The van der Waals surface area contributed by atoms with Crippen LogP contribution in [0, 0.1) is 17.3 Å². The molecular formula is C21H37N3O4. The van der Waals surface area contributed by atoms with Gasteiger partial charge >= 0.3 is 0 Å². The van der Waals surface area contributed by atoms with Crippen molar-refractivity contribution in [1.82, 2.24) is 15.3 Å². The Morgan fingerprint density at radius 1 is 1.14 bits per heavy atom. The van der Waals surface area contributed by atoms with Crippen LogP contribution in [0.4, 0.5) is 0 Å². The van der Waals surface area contributed by atoms with Crippen molar-refractivity contribution in [2.75, 3.05) is 19.6 Å². The van der Waals surface area contributed by atoms with E-state index in [0.717, 1.165) is 58.0 Å². The minimum Gasteiger partial charge on any atom is -0.344 e. The molecule has 2 fully saturated rings. The fourth-order valence-corrected chi connectivity index (χ4v) is 4.39. The zero-order valence-corrected chi connectivity index (χ0v) is 17.7. The molecule has 0 aromatic carbocycles. The third-order valence-corrected chi connectivity index (χ3v) is 6.06. The number of amides is 3. The molecule has 2 rings (SSSR count). The highest BCUT2D eigenvalue weighted by molar-refractivity contribution is 5.89. The summed E-state index contributed by atoms with van der Waals surface area (Å²) >= 11 is 0. The van der Waals surface area contributed by atoms with Gasteiger partial charge in [0.2, 0.25) is 18.2 Å². The van der Waals surface area contributed by atoms with Crippen LogP contribution in [0.2, 0.25) is 0 Å². The Morgan fingerprint density at radius 3 is 2.29 bits per heavy atom. The molecule has 0 aromatic heterocycles. The maximum atomic E-state index is 13.1. The van der Waals surface area contributed by atoms with Crippen LogP contribution in [-0.2, 0) is 14.4 Å². The first-order valence-corrected chi connectivity index (χ1v) is 10.7. The van der Waals surface area contributed by atoms with Gasteiger partial charge in [0.15, 0.2) is 0 Å². The van der Waals surface area contributed by atoms with Crippen LogP contribution in [0.25, 0.3) is 0 Å². The molecule has 3 amide bonds. The van der Waals surface area contributed by atoms with Gasteiger partial charge in [0.25, 0.3) is 0 Å². The zero-order valence-electron chi connectivity index (χ0n) is 17.7. The Bertz CT molecular complexity index is 534. The van der Waals surface area contributed by atoms with E-state index in [9.17, 15) is 19.6 Å². The number of hydrogen-bond acceptors (Lipinski definition) is 4. The van der Waals surface area contributed by atoms with Crippen molar-refractivity contribution in [2.24, 2.45) is 17.3 Å². The van der Waals surface area contributed by atoms with Crippen LogP contribution in [0.5, 0.6) is 0 Å². The Balaban J connectivity index is 2.10. The minimum atomic E-state index is -0.618. The summed E-state index contributed by atoms with van der Waals surface area (Å²) < 4.78 is 0. The number of nitrogens with zero attached hydrogens (tertiary/aromatic N) is 2. The van der Waals surface area contributed by atoms with Gasteiger partial charge in [-0.2, -0.15) is 0 Å². The fraction of sp³-hybridized carbons (Fsp3) is 0.857. The van der Waals surface area contributed by atoms with E-state index in [1.165, 1.54) is 0 Å². The monoisotopic (exact) mass is 395 g/mol. The van der Waals surface area contributed by atoms with Gasteiger partial charge in [-0.3, -0.25) is 19.6 Å². The van der Waals surface area contributed by atoms with E-state index < -0.39 is 17.4 Å². The van der Waals surface area contributed by atoms with Crippen molar-refractivity contribution in [3.05, 3.63) is 0 Å². The molecule has 1 heterocycles. The number of nitrogens with one attached hydrogen (secondary N) is 1. The average molecular weight is 396 g/mol. The summed E-state index contributed by atoms with van der Waals surface area (Å²) in [4.78, 5) is 38.9. The lowest BCUT2D eigenvalue weighted by atomic mass is 9.84. The molecule has 0 spiro atoms. The molecule has 2 aliphatic rings. The van der Waals surface area contributed by atoms with E-state index in [2.05, 4.69) is 5.32 Å². The molecule has 160 valence electrons. The summed E-state index contributed by atoms with van der Waals surface area (Å²) in [6.45, 7) is 7.30. The molecule has 1 aliphatic carbocycles. The highest BCUT2D eigenvalue weighted by Gasteiger charge is 2.38. The van der Waals surface area contributed by atoms with Gasteiger partial charge in [-0.15, -0.1) is 0 Å². The lowest BCUT2D eigenvalue weighted by molar-refractivity contribution is -0.156. The third kappa shape index (κ3) is 6.47. The lowest BCUT2D eigenvalue weighted by Gasteiger charge is -2.37. The number of hydrogen-bond donors (Lipinski definition) is 2. The molecule has 0 aromatic rings. The first-order valence-electron chi connectivity index (χ1n) is 10.7. The SMILES string of the molecule is CC(C)(C)C(NC(=O)C(CC1CCCC1)CN(O)C=O)C(=O)N1CCCCC1. The summed E-state index contributed by atoms with van der Waals surface area (Å²) in [6, 6.07) is -0.618. The predicted octanol–water partition coefficient (Wildman–Crippen LogP) is 2.57. The smallest absolute Gasteiger partial charge is 0.245 e. The molecule has 1 aliphatic heterocycles. The molecule has 7 heteroatoms. The molecule has 2 atom stereocenters. The molecular weight excluding hydrogens is 358 g/mol. The molecule has 28 heavy (non-hydrogen) atoms. The van der Waals surface area contributed by atoms with Crippen molar-refractivity contribution >= 4 is 18.2 Å². The minimum absolute atomic E-state index is 0.0311. The number of carbonyl (C=O) groups is 3. The van der Waals surface area contributed by atoms with E-state index in [-0.39, 0.29) is 18.4 Å². The largest absolute Gasteiger partial charge is 0.344 e. The second kappa shape index (κ2) is 10.2. The van der Waals surface area contributed by atoms with Crippen LogP contribution < -0.4 is 5.32 Å². The highest BCUT2D eigenvalue weighted by atomic mass is 16.5. The zero-order chi connectivity index (χ0) is 20.7. The molecule has 2 N–H and O–H groups in total. The number of likely N-dealkylation sites (tertiary alicyclic amines) is 1. The van der Waals surface area contributed by atoms with Crippen molar-refractivity contribution < 1.29 is 19.6 Å². The third-order valence-electron chi connectivity index (χ3n) is 6.06. The van der Waals surface area contributed by atoms with E-state index in [4.69, 9.17) is 0 Å². The molecule has 1 saturated carbocycles. The van der Waals surface area contributed by atoms with E-state index in [1.807, 2.05) is 25.7 Å². The van der Waals surface area contributed by atoms with Crippen molar-refractivity contribution in [2.45, 2.75) is 78.2 Å². The van der Waals surface area contributed by atoms with Gasteiger partial charge in [-0.25, -0.2) is 5.06 Å². The quantitative estimate of drug-likeness (QED) is 0.375. The molecule has 7 nitrogen and oxygen atoms in total. The first-order chi connectivity index (χ1) is 13.2. The van der Waals surface area contributed by atoms with Gasteiger partial charge in [-0.05, 0) is 37.0 Å². The number of hydroxylamine groups is 2. The van der Waals surface area contributed by atoms with Crippen molar-refractivity contribution in [3.8, 4) is 0 Å². The van der Waals surface area contributed by atoms with E-state index in [1.54, 1.807) is 0 Å². The fourth-order valence-electron chi connectivity index (χ4n) is 4.39. The molecule has 2 unspecified atom stereocenters. The molecule has 0 bridgehead atoms. The summed E-state index contributed by atoms with van der Waals surface area (Å²) in [5, 5.41) is 13.2. The summed E-state index contributed by atoms with van der Waals surface area (Å²) in [5.41, 5.74) is -0.425.